The minimum Gasteiger partial charge on any atom is -1.00 e. The number of likely N-dealkylation sites (tertiary alicyclic amines) is 1. The molecule has 1 heterocycles. The largest absolute Gasteiger partial charge is 1.00 e. The van der Waals surface area contributed by atoms with Crippen LogP contribution < -0.4 is 17.1 Å². The third-order valence-electron chi connectivity index (χ3n) is 4.47. The van der Waals surface area contributed by atoms with Gasteiger partial charge in [0.05, 0.1) is 0 Å². The van der Waals surface area contributed by atoms with E-state index in [0.717, 1.165) is 25.4 Å². The Morgan fingerprint density at radius 2 is 1.78 bits per heavy atom. The maximum atomic E-state index is 10.2. The number of hydrogen-bond donors (Lipinski definition) is 1. The van der Waals surface area contributed by atoms with Crippen molar-refractivity contribution in [1.29, 1.82) is 0 Å². The van der Waals surface area contributed by atoms with Gasteiger partial charge in [-0.3, -0.25) is 0 Å². The van der Waals surface area contributed by atoms with E-state index in [-0.39, 0.29) is 12.4 Å². The van der Waals surface area contributed by atoms with E-state index >= 15 is 0 Å². The van der Waals surface area contributed by atoms with Gasteiger partial charge in [0, 0.05) is 6.54 Å². The zero-order valence-corrected chi connectivity index (χ0v) is 15.5. The van der Waals surface area contributed by atoms with Crippen LogP contribution in [0.5, 0.6) is 5.75 Å². The third kappa shape index (κ3) is 6.70. The summed E-state index contributed by atoms with van der Waals surface area (Å²) in [5, 5.41) is 10.2. The van der Waals surface area contributed by atoms with Crippen LogP contribution in [0, 0.1) is 6.92 Å². The molecule has 1 aromatic rings. The molecule has 1 N–H and O–H groups in total. The number of aliphatic hydroxyl groups excluding tert-OH is 1. The maximum Gasteiger partial charge on any atom is 0.119 e. The van der Waals surface area contributed by atoms with Crippen LogP contribution in [0.2, 0.25) is 0 Å². The summed E-state index contributed by atoms with van der Waals surface area (Å²) in [6.07, 6.45) is 4.74. The van der Waals surface area contributed by atoms with Crippen molar-refractivity contribution < 1.29 is 22.3 Å². The summed E-state index contributed by atoms with van der Waals surface area (Å²) < 4.78 is 5.78. The second-order valence-corrected chi connectivity index (χ2v) is 6.85. The van der Waals surface area contributed by atoms with E-state index in [9.17, 15) is 5.11 Å². The Kier molecular flexibility index (Phi) is 8.96. The van der Waals surface area contributed by atoms with E-state index in [1.54, 1.807) is 0 Å². The highest BCUT2D eigenvalue weighted by Crippen LogP contribution is 2.23. The molecule has 3 nitrogen and oxygen atoms in total. The lowest BCUT2D eigenvalue weighted by Crippen LogP contribution is -3.00. The molecule has 4 heteroatoms. The molecule has 0 saturated carbocycles. The zero-order chi connectivity index (χ0) is 15.9. The Morgan fingerprint density at radius 3 is 2.35 bits per heavy atom. The average Bonchev–Trinajstić information content (AvgIpc) is 2.73. The van der Waals surface area contributed by atoms with E-state index in [2.05, 4.69) is 37.8 Å². The summed E-state index contributed by atoms with van der Waals surface area (Å²) in [6, 6.07) is 6.23. The summed E-state index contributed by atoms with van der Waals surface area (Å²) in [6.45, 7) is 9.84. The van der Waals surface area contributed by atoms with Gasteiger partial charge in [-0.25, -0.2) is 0 Å². The van der Waals surface area contributed by atoms with Crippen LogP contribution in [0.4, 0.5) is 0 Å². The van der Waals surface area contributed by atoms with Gasteiger partial charge in [0.2, 0.25) is 0 Å². The van der Waals surface area contributed by atoms with Crippen molar-refractivity contribution in [2.75, 3.05) is 26.2 Å². The number of hydrogen-bond acceptors (Lipinski definition) is 3. The summed E-state index contributed by atoms with van der Waals surface area (Å²) in [7, 11) is 0. The van der Waals surface area contributed by atoms with Crippen LogP contribution in [0.15, 0.2) is 18.2 Å². The van der Waals surface area contributed by atoms with Gasteiger partial charge in [-0.2, -0.15) is 0 Å². The fourth-order valence-corrected chi connectivity index (χ4v) is 3.25. The fourth-order valence-electron chi connectivity index (χ4n) is 3.25. The zero-order valence-electron chi connectivity index (χ0n) is 14.7. The molecule has 0 radical (unpaired) electrons. The monoisotopic (exact) mass is 340 g/mol. The molecule has 132 valence electrons. The highest BCUT2D eigenvalue weighted by molar-refractivity contribution is 5.36. The molecule has 23 heavy (non-hydrogen) atoms. The predicted molar refractivity (Wildman–Crippen MR) is 91.7 cm³/mol. The minimum absolute atomic E-state index is 0. The van der Waals surface area contributed by atoms with Crippen molar-refractivity contribution >= 4 is 0 Å². The van der Waals surface area contributed by atoms with Crippen LogP contribution >= 0.6 is 0 Å². The first-order valence-corrected chi connectivity index (χ1v) is 8.70. The van der Waals surface area contributed by atoms with Gasteiger partial charge in [-0.05, 0) is 62.0 Å². The molecule has 1 atom stereocenters. The summed E-state index contributed by atoms with van der Waals surface area (Å²) >= 11 is 0. The van der Waals surface area contributed by atoms with E-state index in [4.69, 9.17) is 4.74 Å². The lowest BCUT2D eigenvalue weighted by atomic mass is 9.98. The Bertz CT molecular complexity index is 457. The van der Waals surface area contributed by atoms with Gasteiger partial charge in [-0.1, -0.05) is 32.8 Å². The van der Waals surface area contributed by atoms with E-state index in [1.165, 1.54) is 36.8 Å². The number of aryl methyl sites for hydroxylation is 1. The number of rotatable bonds is 6. The van der Waals surface area contributed by atoms with Crippen molar-refractivity contribution in [2.45, 2.75) is 58.5 Å². The van der Waals surface area contributed by atoms with Gasteiger partial charge < -0.3 is 27.2 Å². The SMILES string of the molecule is Cc1cc(OCC(O)CN2CCCCCC2)ccc1C(C)C.[Cl-]. The summed E-state index contributed by atoms with van der Waals surface area (Å²) in [5.74, 6) is 1.39. The maximum absolute atomic E-state index is 10.2. The second kappa shape index (κ2) is 10.2. The molecule has 0 spiro atoms. The predicted octanol–water partition coefficient (Wildman–Crippen LogP) is 0.738. The van der Waals surface area contributed by atoms with Crippen LogP contribution in [-0.4, -0.2) is 42.4 Å². The number of nitrogens with zero attached hydrogens (tertiary/aromatic N) is 1. The van der Waals surface area contributed by atoms with Crippen LogP contribution in [-0.2, 0) is 0 Å². The quantitative estimate of drug-likeness (QED) is 0.829. The summed E-state index contributed by atoms with van der Waals surface area (Å²) in [5.41, 5.74) is 2.62. The number of aliphatic hydroxyl groups is 1. The molecule has 1 unspecified atom stereocenters. The Balaban J connectivity index is 0.00000264. The average molecular weight is 341 g/mol. The van der Waals surface area contributed by atoms with Gasteiger partial charge in [0.15, 0.2) is 0 Å². The van der Waals surface area contributed by atoms with Crippen molar-refractivity contribution in [3.05, 3.63) is 29.3 Å². The molecular weight excluding hydrogens is 310 g/mol. The van der Waals surface area contributed by atoms with E-state index < -0.39 is 6.10 Å². The topological polar surface area (TPSA) is 32.7 Å². The second-order valence-electron chi connectivity index (χ2n) is 6.85. The number of halogens is 1. The Labute approximate surface area is 147 Å². The highest BCUT2D eigenvalue weighted by atomic mass is 35.5. The molecule has 1 fully saturated rings. The third-order valence-corrected chi connectivity index (χ3v) is 4.47. The van der Waals surface area contributed by atoms with Crippen molar-refractivity contribution in [3.8, 4) is 5.75 Å². The Morgan fingerprint density at radius 1 is 1.13 bits per heavy atom. The number of benzene rings is 1. The van der Waals surface area contributed by atoms with Crippen LogP contribution in [0.1, 0.15) is 56.6 Å². The highest BCUT2D eigenvalue weighted by Gasteiger charge is 2.14. The molecule has 0 amide bonds. The number of β-amino-alcohol motifs (C(OH)–C–C–N with tert-alkyl or cyclic N) is 1. The molecule has 1 aliphatic heterocycles. The van der Waals surface area contributed by atoms with Crippen molar-refractivity contribution in [1.82, 2.24) is 4.90 Å². The van der Waals surface area contributed by atoms with Gasteiger partial charge >= 0.3 is 0 Å². The van der Waals surface area contributed by atoms with Crippen LogP contribution in [0.3, 0.4) is 0 Å². The molecule has 1 saturated heterocycles. The molecule has 1 aromatic carbocycles. The lowest BCUT2D eigenvalue weighted by molar-refractivity contribution is -0.00000708. The van der Waals surface area contributed by atoms with Gasteiger partial charge in [0.1, 0.15) is 18.5 Å². The molecule has 0 aromatic heterocycles. The van der Waals surface area contributed by atoms with E-state index in [1.807, 2.05) is 6.07 Å². The molecule has 2 rings (SSSR count). The molecule has 1 aliphatic rings. The molecule has 0 bridgehead atoms. The summed E-state index contributed by atoms with van der Waals surface area (Å²) in [4.78, 5) is 2.37. The normalized spacial score (nSPS) is 17.4. The Hall–Kier alpha value is -0.770. The first-order valence-electron chi connectivity index (χ1n) is 8.70. The van der Waals surface area contributed by atoms with Gasteiger partial charge in [-0.15, -0.1) is 0 Å². The van der Waals surface area contributed by atoms with Gasteiger partial charge in [0.25, 0.3) is 0 Å². The molecular formula is C19H31ClNO2-. The lowest BCUT2D eigenvalue weighted by Gasteiger charge is -2.23. The minimum atomic E-state index is -0.414. The molecule has 0 aliphatic carbocycles. The fraction of sp³-hybridized carbons (Fsp3) is 0.684. The van der Waals surface area contributed by atoms with E-state index in [0.29, 0.717) is 12.5 Å². The standard InChI is InChI=1S/C19H31NO2.ClH/c1-15(2)19-9-8-18(12-16(19)3)22-14-17(21)13-20-10-6-4-5-7-11-20;/h8-9,12,15,17,21H,4-7,10-11,13-14H2,1-3H3;1H/p-1. The first-order chi connectivity index (χ1) is 10.6. The smallest absolute Gasteiger partial charge is 0.119 e. The number of ether oxygens (including phenoxy) is 1. The van der Waals surface area contributed by atoms with Crippen molar-refractivity contribution in [2.24, 2.45) is 0 Å². The van der Waals surface area contributed by atoms with Crippen molar-refractivity contribution in [3.63, 3.8) is 0 Å². The first kappa shape index (κ1) is 20.3. The van der Waals surface area contributed by atoms with Crippen LogP contribution in [0.25, 0.3) is 0 Å².